The molecule has 2 N–H and O–H groups in total. The van der Waals surface area contributed by atoms with Crippen LogP contribution in [0.4, 0.5) is 11.4 Å². The van der Waals surface area contributed by atoms with Crippen molar-refractivity contribution in [2.24, 2.45) is 0 Å². The maximum absolute atomic E-state index is 12.6. The zero-order valence-electron chi connectivity index (χ0n) is 15.4. The van der Waals surface area contributed by atoms with Crippen LogP contribution in [0.15, 0.2) is 42.5 Å². The normalized spacial score (nSPS) is 17.2. The topological polar surface area (TPSA) is 89.1 Å². The van der Waals surface area contributed by atoms with Crippen molar-refractivity contribution in [1.82, 2.24) is 5.32 Å². The van der Waals surface area contributed by atoms with Crippen LogP contribution in [0.3, 0.4) is 0 Å². The summed E-state index contributed by atoms with van der Waals surface area (Å²) in [5.41, 5.74) is 1.40. The fraction of sp³-hybridized carbons (Fsp3) is 0.300. The molecule has 0 radical (unpaired) electrons. The molecule has 1 atom stereocenters. The number of hydrogen-bond donors (Lipinski definition) is 2. The molecule has 8 heteroatoms. The van der Waals surface area contributed by atoms with Gasteiger partial charge in [-0.15, -0.1) is 0 Å². The van der Waals surface area contributed by atoms with E-state index in [1.165, 1.54) is 0 Å². The van der Waals surface area contributed by atoms with Crippen molar-refractivity contribution in [1.29, 1.82) is 0 Å². The Kier molecular flexibility index (Phi) is 4.92. The van der Waals surface area contributed by atoms with Gasteiger partial charge in [-0.1, -0.05) is 12.1 Å². The summed E-state index contributed by atoms with van der Waals surface area (Å²) in [7, 11) is 1.56. The van der Waals surface area contributed by atoms with E-state index in [4.69, 9.17) is 14.2 Å². The van der Waals surface area contributed by atoms with Gasteiger partial charge in [0.15, 0.2) is 17.6 Å². The number of benzene rings is 2. The molecule has 2 aromatic carbocycles. The summed E-state index contributed by atoms with van der Waals surface area (Å²) in [5, 5.41) is 5.46. The lowest BCUT2D eigenvalue weighted by atomic mass is 10.1. The minimum Gasteiger partial charge on any atom is -0.486 e. The van der Waals surface area contributed by atoms with E-state index in [0.29, 0.717) is 36.1 Å². The van der Waals surface area contributed by atoms with Gasteiger partial charge in [0.2, 0.25) is 5.91 Å². The number of amides is 2. The highest BCUT2D eigenvalue weighted by Crippen LogP contribution is 2.34. The Bertz CT molecular complexity index is 901. The van der Waals surface area contributed by atoms with Crippen LogP contribution in [-0.2, 0) is 9.59 Å². The van der Waals surface area contributed by atoms with Crippen molar-refractivity contribution in [2.75, 3.05) is 43.6 Å². The van der Waals surface area contributed by atoms with E-state index >= 15 is 0 Å². The first kappa shape index (κ1) is 18.0. The lowest BCUT2D eigenvalue weighted by molar-refractivity contribution is -0.127. The lowest BCUT2D eigenvalue weighted by Crippen LogP contribution is -2.50. The first-order valence-electron chi connectivity index (χ1n) is 9.06. The van der Waals surface area contributed by atoms with Crippen LogP contribution in [0.5, 0.6) is 17.2 Å². The van der Waals surface area contributed by atoms with Gasteiger partial charge in [-0.3, -0.25) is 9.59 Å². The van der Waals surface area contributed by atoms with Gasteiger partial charge in [0.05, 0.1) is 18.8 Å². The number of hydrogen-bond acceptors (Lipinski definition) is 6. The number of rotatable bonds is 4. The molecular weight excluding hydrogens is 362 g/mol. The summed E-state index contributed by atoms with van der Waals surface area (Å²) in [6.07, 6.45) is -0.679. The molecule has 28 heavy (non-hydrogen) atoms. The van der Waals surface area contributed by atoms with E-state index in [1.807, 2.05) is 23.1 Å². The smallest absolute Gasteiger partial charge is 0.262 e. The zero-order chi connectivity index (χ0) is 19.5. The first-order chi connectivity index (χ1) is 13.6. The van der Waals surface area contributed by atoms with Gasteiger partial charge in [0.25, 0.3) is 5.91 Å². The molecule has 0 aliphatic carbocycles. The molecule has 0 bridgehead atoms. The number of carbonyl (C=O) groups excluding carboxylic acids is 2. The number of fused-ring (bicyclic) bond motifs is 2. The van der Waals surface area contributed by atoms with Crippen LogP contribution in [0, 0.1) is 0 Å². The summed E-state index contributed by atoms with van der Waals surface area (Å²) in [6.45, 7) is 1.37. The summed E-state index contributed by atoms with van der Waals surface area (Å²) in [4.78, 5) is 26.5. The first-order valence-corrected chi connectivity index (χ1v) is 9.06. The SMILES string of the molecule is CNC(=O)[C@H]1CN(CC(=O)Nc2ccc3c(c2)OCCO3)c2ccccc2O1. The van der Waals surface area contributed by atoms with Crippen molar-refractivity contribution in [3.63, 3.8) is 0 Å². The van der Waals surface area contributed by atoms with Gasteiger partial charge in [-0.2, -0.15) is 0 Å². The van der Waals surface area contributed by atoms with E-state index in [-0.39, 0.29) is 24.9 Å². The molecule has 0 saturated carbocycles. The van der Waals surface area contributed by atoms with Gasteiger partial charge >= 0.3 is 0 Å². The van der Waals surface area contributed by atoms with E-state index in [0.717, 1.165) is 5.69 Å². The Morgan fingerprint density at radius 3 is 2.68 bits per heavy atom. The number of para-hydroxylation sites is 2. The maximum Gasteiger partial charge on any atom is 0.262 e. The molecule has 2 aromatic rings. The van der Waals surface area contributed by atoms with Crippen molar-refractivity contribution in [2.45, 2.75) is 6.10 Å². The van der Waals surface area contributed by atoms with Gasteiger partial charge in [0.1, 0.15) is 19.0 Å². The minimum atomic E-state index is -0.679. The Hall–Kier alpha value is -3.42. The molecule has 146 valence electrons. The second kappa shape index (κ2) is 7.67. The lowest BCUT2D eigenvalue weighted by Gasteiger charge is -2.35. The molecule has 0 spiro atoms. The van der Waals surface area contributed by atoms with Gasteiger partial charge in [0, 0.05) is 18.8 Å². The number of nitrogens with one attached hydrogen (secondary N) is 2. The molecule has 0 fully saturated rings. The maximum atomic E-state index is 12.6. The fourth-order valence-corrected chi connectivity index (χ4v) is 3.25. The summed E-state index contributed by atoms with van der Waals surface area (Å²) in [6, 6.07) is 12.6. The van der Waals surface area contributed by atoms with Gasteiger partial charge < -0.3 is 29.7 Å². The van der Waals surface area contributed by atoms with Crippen LogP contribution >= 0.6 is 0 Å². The van der Waals surface area contributed by atoms with Crippen LogP contribution in [0.2, 0.25) is 0 Å². The monoisotopic (exact) mass is 383 g/mol. The molecule has 2 amide bonds. The third kappa shape index (κ3) is 3.66. The molecule has 0 saturated heterocycles. The Morgan fingerprint density at radius 2 is 1.86 bits per heavy atom. The molecule has 2 aliphatic rings. The summed E-state index contributed by atoms with van der Waals surface area (Å²) >= 11 is 0. The standard InChI is InChI=1S/C20H21N3O5/c1-21-20(25)18-11-23(14-4-2-3-5-15(14)28-18)12-19(24)22-13-6-7-16-17(10-13)27-9-8-26-16/h2-7,10,18H,8-9,11-12H2,1H3,(H,21,25)(H,22,24)/t18-/m1/s1. The average molecular weight is 383 g/mol. The third-order valence-corrected chi connectivity index (χ3v) is 4.56. The van der Waals surface area contributed by atoms with E-state index in [2.05, 4.69) is 10.6 Å². The van der Waals surface area contributed by atoms with Crippen molar-refractivity contribution in [3.05, 3.63) is 42.5 Å². The van der Waals surface area contributed by atoms with Crippen LogP contribution in [0.1, 0.15) is 0 Å². The van der Waals surface area contributed by atoms with Crippen LogP contribution < -0.4 is 29.7 Å². The highest BCUT2D eigenvalue weighted by Gasteiger charge is 2.31. The molecule has 0 aromatic heterocycles. The number of carbonyl (C=O) groups is 2. The molecule has 0 unspecified atom stereocenters. The zero-order valence-corrected chi connectivity index (χ0v) is 15.4. The molecule has 8 nitrogen and oxygen atoms in total. The van der Waals surface area contributed by atoms with E-state index in [1.54, 1.807) is 31.3 Å². The number of nitrogens with zero attached hydrogens (tertiary/aromatic N) is 1. The van der Waals surface area contributed by atoms with Crippen LogP contribution in [-0.4, -0.2) is 51.3 Å². The van der Waals surface area contributed by atoms with E-state index in [9.17, 15) is 9.59 Å². The van der Waals surface area contributed by atoms with Gasteiger partial charge in [-0.25, -0.2) is 0 Å². The van der Waals surface area contributed by atoms with Crippen LogP contribution in [0.25, 0.3) is 0 Å². The molecular formula is C20H21N3O5. The summed E-state index contributed by atoms with van der Waals surface area (Å²) in [5.74, 6) is 1.42. The second-order valence-corrected chi connectivity index (χ2v) is 6.48. The average Bonchev–Trinajstić information content (AvgIpc) is 2.73. The third-order valence-electron chi connectivity index (χ3n) is 4.56. The fourth-order valence-electron chi connectivity index (χ4n) is 3.25. The second-order valence-electron chi connectivity index (χ2n) is 6.48. The summed E-state index contributed by atoms with van der Waals surface area (Å²) < 4.78 is 16.8. The number of likely N-dealkylation sites (N-methyl/N-ethyl adjacent to an activating group) is 1. The Morgan fingerprint density at radius 1 is 1.07 bits per heavy atom. The number of ether oxygens (including phenoxy) is 3. The quantitative estimate of drug-likeness (QED) is 0.830. The van der Waals surface area contributed by atoms with Crippen molar-refractivity contribution < 1.29 is 23.8 Å². The van der Waals surface area contributed by atoms with Crippen molar-refractivity contribution in [3.8, 4) is 17.2 Å². The Labute approximate surface area is 162 Å². The Balaban J connectivity index is 1.48. The number of anilines is 2. The van der Waals surface area contributed by atoms with E-state index < -0.39 is 6.10 Å². The molecule has 2 heterocycles. The van der Waals surface area contributed by atoms with Crippen molar-refractivity contribution >= 4 is 23.2 Å². The minimum absolute atomic E-state index is 0.0856. The largest absolute Gasteiger partial charge is 0.486 e. The molecule has 4 rings (SSSR count). The predicted molar refractivity (Wildman–Crippen MR) is 103 cm³/mol. The molecule has 2 aliphatic heterocycles. The van der Waals surface area contributed by atoms with Gasteiger partial charge in [-0.05, 0) is 24.3 Å². The predicted octanol–water partition coefficient (Wildman–Crippen LogP) is 1.41. The highest BCUT2D eigenvalue weighted by molar-refractivity contribution is 5.95. The highest BCUT2D eigenvalue weighted by atomic mass is 16.6.